The Bertz CT molecular complexity index is 325. The molecule has 0 bridgehead atoms. The second-order valence-corrected chi connectivity index (χ2v) is 3.33. The Balaban J connectivity index is 2.28. The van der Waals surface area contributed by atoms with Crippen molar-refractivity contribution in [2.24, 2.45) is 0 Å². The van der Waals surface area contributed by atoms with E-state index < -0.39 is 0 Å². The highest BCUT2D eigenvalue weighted by Crippen LogP contribution is 1.96. The van der Waals surface area contributed by atoms with Crippen molar-refractivity contribution in [1.29, 1.82) is 0 Å². The second kappa shape index (κ2) is 6.14. The first kappa shape index (κ1) is 11.7. The van der Waals surface area contributed by atoms with Crippen LogP contribution in [-0.2, 0) is 11.3 Å². The van der Waals surface area contributed by atoms with Gasteiger partial charge in [0.2, 0.25) is 5.91 Å². The summed E-state index contributed by atoms with van der Waals surface area (Å²) in [5, 5.41) is 5.76. The maximum absolute atomic E-state index is 11.1. The number of rotatable bonds is 5. The lowest BCUT2D eigenvalue weighted by Crippen LogP contribution is -2.33. The first-order valence-electron chi connectivity index (χ1n) is 5.12. The van der Waals surface area contributed by atoms with Gasteiger partial charge in [0, 0.05) is 18.8 Å². The Morgan fingerprint density at radius 1 is 1.47 bits per heavy atom. The van der Waals surface area contributed by atoms with E-state index in [1.807, 2.05) is 32.0 Å². The summed E-state index contributed by atoms with van der Waals surface area (Å²) < 4.78 is 0. The number of carbonyl (C=O) groups is 1. The molecule has 0 atom stereocenters. The Morgan fingerprint density at radius 3 is 2.93 bits per heavy atom. The maximum atomic E-state index is 11.1. The fourth-order valence-electron chi connectivity index (χ4n) is 1.26. The Labute approximate surface area is 90.1 Å². The zero-order valence-electron chi connectivity index (χ0n) is 9.21. The zero-order chi connectivity index (χ0) is 11.1. The summed E-state index contributed by atoms with van der Waals surface area (Å²) in [6, 6.07) is 5.86. The molecule has 82 valence electrons. The van der Waals surface area contributed by atoms with Gasteiger partial charge in [-0.2, -0.15) is 0 Å². The third kappa shape index (κ3) is 4.56. The monoisotopic (exact) mass is 207 g/mol. The lowest BCUT2D eigenvalue weighted by atomic mass is 10.3. The van der Waals surface area contributed by atoms with Crippen LogP contribution < -0.4 is 10.6 Å². The number of amides is 1. The molecular formula is C11H17N3O. The summed E-state index contributed by atoms with van der Waals surface area (Å²) in [6.07, 6.45) is 0. The van der Waals surface area contributed by atoms with E-state index >= 15 is 0 Å². The average Bonchev–Trinajstić information content (AvgIpc) is 2.18. The summed E-state index contributed by atoms with van der Waals surface area (Å²) in [5.41, 5.74) is 1.95. The van der Waals surface area contributed by atoms with Crippen LogP contribution in [-0.4, -0.2) is 24.0 Å². The highest BCUT2D eigenvalue weighted by molar-refractivity contribution is 5.77. The van der Waals surface area contributed by atoms with E-state index in [4.69, 9.17) is 0 Å². The summed E-state index contributed by atoms with van der Waals surface area (Å²) in [5.74, 6) is 0.0187. The van der Waals surface area contributed by atoms with E-state index in [-0.39, 0.29) is 5.91 Å². The molecule has 0 aliphatic carbocycles. The highest BCUT2D eigenvalue weighted by atomic mass is 16.1. The van der Waals surface area contributed by atoms with Crippen LogP contribution in [0.1, 0.15) is 18.3 Å². The van der Waals surface area contributed by atoms with E-state index in [1.54, 1.807) is 0 Å². The van der Waals surface area contributed by atoms with Crippen molar-refractivity contribution in [3.8, 4) is 0 Å². The van der Waals surface area contributed by atoms with Gasteiger partial charge in [0.05, 0.1) is 12.2 Å². The minimum atomic E-state index is 0.0187. The standard InChI is InChI=1S/C11H17N3O/c1-3-13-11(15)8-12-7-10-6-4-5-9(2)14-10/h4-6,12H,3,7-8H2,1-2H3,(H,13,15). The summed E-state index contributed by atoms with van der Waals surface area (Å²) in [6.45, 7) is 5.48. The van der Waals surface area contributed by atoms with Crippen LogP contribution in [0, 0.1) is 6.92 Å². The predicted molar refractivity (Wildman–Crippen MR) is 59.4 cm³/mol. The van der Waals surface area contributed by atoms with Crippen LogP contribution in [0.5, 0.6) is 0 Å². The maximum Gasteiger partial charge on any atom is 0.233 e. The van der Waals surface area contributed by atoms with Crippen molar-refractivity contribution in [3.63, 3.8) is 0 Å². The number of hydrogen-bond acceptors (Lipinski definition) is 3. The van der Waals surface area contributed by atoms with Gasteiger partial charge in [-0.3, -0.25) is 9.78 Å². The fourth-order valence-corrected chi connectivity index (χ4v) is 1.26. The molecule has 0 spiro atoms. The number of aryl methyl sites for hydroxylation is 1. The van der Waals surface area contributed by atoms with Crippen molar-refractivity contribution < 1.29 is 4.79 Å². The molecule has 4 heteroatoms. The number of aromatic nitrogens is 1. The van der Waals surface area contributed by atoms with Crippen molar-refractivity contribution in [3.05, 3.63) is 29.6 Å². The van der Waals surface area contributed by atoms with E-state index in [0.29, 0.717) is 19.6 Å². The first-order valence-corrected chi connectivity index (χ1v) is 5.12. The zero-order valence-corrected chi connectivity index (χ0v) is 9.21. The molecule has 4 nitrogen and oxygen atoms in total. The lowest BCUT2D eigenvalue weighted by molar-refractivity contribution is -0.120. The number of nitrogens with zero attached hydrogens (tertiary/aromatic N) is 1. The molecule has 0 radical (unpaired) electrons. The van der Waals surface area contributed by atoms with E-state index in [2.05, 4.69) is 15.6 Å². The van der Waals surface area contributed by atoms with Gasteiger partial charge in [0.15, 0.2) is 0 Å². The van der Waals surface area contributed by atoms with Crippen LogP contribution in [0.2, 0.25) is 0 Å². The third-order valence-electron chi connectivity index (χ3n) is 1.91. The summed E-state index contributed by atoms with van der Waals surface area (Å²) in [4.78, 5) is 15.4. The Kier molecular flexibility index (Phi) is 4.77. The second-order valence-electron chi connectivity index (χ2n) is 3.33. The number of pyridine rings is 1. The molecule has 0 fully saturated rings. The van der Waals surface area contributed by atoms with E-state index in [0.717, 1.165) is 11.4 Å². The normalized spacial score (nSPS) is 10.0. The molecule has 0 aliphatic rings. The van der Waals surface area contributed by atoms with Crippen LogP contribution >= 0.6 is 0 Å². The molecule has 2 N–H and O–H groups in total. The molecule has 0 saturated carbocycles. The lowest BCUT2D eigenvalue weighted by Gasteiger charge is -2.04. The fraction of sp³-hybridized carbons (Fsp3) is 0.455. The molecule has 1 heterocycles. The number of carbonyl (C=O) groups excluding carboxylic acids is 1. The van der Waals surface area contributed by atoms with Gasteiger partial charge in [-0.15, -0.1) is 0 Å². The van der Waals surface area contributed by atoms with Crippen molar-refractivity contribution in [2.75, 3.05) is 13.1 Å². The van der Waals surface area contributed by atoms with Gasteiger partial charge < -0.3 is 10.6 Å². The van der Waals surface area contributed by atoms with Crippen molar-refractivity contribution >= 4 is 5.91 Å². The van der Waals surface area contributed by atoms with Crippen LogP contribution in [0.4, 0.5) is 0 Å². The quantitative estimate of drug-likeness (QED) is 0.744. The molecule has 0 aromatic carbocycles. The summed E-state index contributed by atoms with van der Waals surface area (Å²) in [7, 11) is 0. The Morgan fingerprint density at radius 2 is 2.27 bits per heavy atom. The highest BCUT2D eigenvalue weighted by Gasteiger charge is 1.99. The predicted octanol–water partition coefficient (Wildman–Crippen LogP) is 0.616. The van der Waals surface area contributed by atoms with Crippen molar-refractivity contribution in [2.45, 2.75) is 20.4 Å². The van der Waals surface area contributed by atoms with Crippen LogP contribution in [0.3, 0.4) is 0 Å². The average molecular weight is 207 g/mol. The Hall–Kier alpha value is -1.42. The smallest absolute Gasteiger partial charge is 0.233 e. The van der Waals surface area contributed by atoms with Gasteiger partial charge in [-0.1, -0.05) is 6.07 Å². The van der Waals surface area contributed by atoms with Gasteiger partial charge in [0.1, 0.15) is 0 Å². The van der Waals surface area contributed by atoms with Crippen LogP contribution in [0.15, 0.2) is 18.2 Å². The minimum absolute atomic E-state index is 0.0187. The largest absolute Gasteiger partial charge is 0.355 e. The topological polar surface area (TPSA) is 54.0 Å². The molecule has 1 aromatic heterocycles. The van der Waals surface area contributed by atoms with Crippen LogP contribution in [0.25, 0.3) is 0 Å². The van der Waals surface area contributed by atoms with Gasteiger partial charge >= 0.3 is 0 Å². The molecular weight excluding hydrogens is 190 g/mol. The van der Waals surface area contributed by atoms with Crippen molar-refractivity contribution in [1.82, 2.24) is 15.6 Å². The SMILES string of the molecule is CCNC(=O)CNCc1cccc(C)n1. The van der Waals surface area contributed by atoms with E-state index in [1.165, 1.54) is 0 Å². The number of hydrogen-bond donors (Lipinski definition) is 2. The molecule has 1 amide bonds. The van der Waals surface area contributed by atoms with Gasteiger partial charge in [-0.25, -0.2) is 0 Å². The molecule has 0 aliphatic heterocycles. The third-order valence-corrected chi connectivity index (χ3v) is 1.91. The summed E-state index contributed by atoms with van der Waals surface area (Å²) >= 11 is 0. The number of likely N-dealkylation sites (N-methyl/N-ethyl adjacent to an activating group) is 1. The molecule has 0 unspecified atom stereocenters. The molecule has 15 heavy (non-hydrogen) atoms. The molecule has 1 rings (SSSR count). The first-order chi connectivity index (χ1) is 7.22. The van der Waals surface area contributed by atoms with Gasteiger partial charge in [-0.05, 0) is 26.0 Å². The minimum Gasteiger partial charge on any atom is -0.355 e. The molecule has 0 saturated heterocycles. The van der Waals surface area contributed by atoms with Gasteiger partial charge in [0.25, 0.3) is 0 Å². The molecule has 1 aromatic rings. The van der Waals surface area contributed by atoms with E-state index in [9.17, 15) is 4.79 Å². The number of nitrogens with one attached hydrogen (secondary N) is 2.